The lowest BCUT2D eigenvalue weighted by Gasteiger charge is -2.26. The van der Waals surface area contributed by atoms with Gasteiger partial charge in [0.05, 0.1) is 0 Å². The van der Waals surface area contributed by atoms with Gasteiger partial charge in [0.25, 0.3) is 0 Å². The van der Waals surface area contributed by atoms with Gasteiger partial charge in [-0.3, -0.25) is 0 Å². The van der Waals surface area contributed by atoms with E-state index in [2.05, 4.69) is 102 Å². The molecule has 0 unspecified atom stereocenters. The number of hydrogen-bond donors (Lipinski definition) is 0. The summed E-state index contributed by atoms with van der Waals surface area (Å²) in [6.07, 6.45) is 0. The topological polar surface area (TPSA) is 55.6 Å². The van der Waals surface area contributed by atoms with Gasteiger partial charge in [-0.1, -0.05) is 78.9 Å². The maximum atomic E-state index is 6.55. The molecule has 3 aromatic heterocycles. The Labute approximate surface area is 274 Å². The van der Waals surface area contributed by atoms with Crippen LogP contribution in [0.2, 0.25) is 0 Å². The highest BCUT2D eigenvalue weighted by molar-refractivity contribution is 6.13. The number of furan rings is 2. The molecule has 0 fully saturated rings. The predicted molar refractivity (Wildman–Crippen MR) is 194 cm³/mol. The van der Waals surface area contributed by atoms with Crippen LogP contribution >= 0.6 is 0 Å². The Morgan fingerprint density at radius 2 is 1.08 bits per heavy atom. The number of fused-ring (bicyclic) bond motifs is 7. The van der Waals surface area contributed by atoms with Crippen molar-refractivity contribution in [1.82, 2.24) is 4.98 Å². The molecule has 3 heterocycles. The van der Waals surface area contributed by atoms with Crippen LogP contribution in [-0.4, -0.2) is 4.98 Å². The second kappa shape index (κ2) is 10.5. The van der Waals surface area contributed by atoms with Crippen molar-refractivity contribution >= 4 is 72.0 Å². The molecule has 0 radical (unpaired) electrons. The van der Waals surface area contributed by atoms with Crippen molar-refractivity contribution in [2.75, 3.05) is 4.90 Å². The molecule has 7 aromatic carbocycles. The van der Waals surface area contributed by atoms with Crippen molar-refractivity contribution in [2.45, 2.75) is 0 Å². The van der Waals surface area contributed by atoms with Gasteiger partial charge in [-0.25, -0.2) is 4.98 Å². The maximum absolute atomic E-state index is 6.55. The number of benzene rings is 7. The third kappa shape index (κ3) is 4.22. The molecule has 0 saturated carbocycles. The first-order chi connectivity index (χ1) is 23.8. The summed E-state index contributed by atoms with van der Waals surface area (Å²) in [5.41, 5.74) is 11.1. The third-order valence-corrected chi connectivity index (χ3v) is 9.09. The predicted octanol–water partition coefficient (Wildman–Crippen LogP) is 12.4. The highest BCUT2D eigenvalue weighted by Crippen LogP contribution is 2.43. The molecule has 0 N–H and O–H groups in total. The molecule has 0 aliphatic heterocycles. The van der Waals surface area contributed by atoms with Crippen molar-refractivity contribution < 1.29 is 13.3 Å². The first kappa shape index (κ1) is 26.6. The quantitative estimate of drug-likeness (QED) is 0.192. The van der Waals surface area contributed by atoms with Crippen LogP contribution in [0.4, 0.5) is 17.1 Å². The molecule has 0 spiro atoms. The largest absolute Gasteiger partial charge is 0.456 e. The summed E-state index contributed by atoms with van der Waals surface area (Å²) in [5, 5.41) is 4.14. The first-order valence-electron chi connectivity index (χ1n) is 15.9. The van der Waals surface area contributed by atoms with Gasteiger partial charge < -0.3 is 18.2 Å². The highest BCUT2D eigenvalue weighted by Gasteiger charge is 2.20. The van der Waals surface area contributed by atoms with Gasteiger partial charge in [-0.2, -0.15) is 0 Å². The van der Waals surface area contributed by atoms with E-state index in [0.717, 1.165) is 88.7 Å². The lowest BCUT2D eigenvalue weighted by atomic mass is 10.0. The minimum Gasteiger partial charge on any atom is -0.456 e. The van der Waals surface area contributed by atoms with Crippen molar-refractivity contribution in [3.05, 3.63) is 158 Å². The van der Waals surface area contributed by atoms with Crippen LogP contribution in [0.15, 0.2) is 171 Å². The highest BCUT2D eigenvalue weighted by atomic mass is 16.4. The second-order valence-electron chi connectivity index (χ2n) is 12.0. The average molecular weight is 619 g/mol. The molecule has 0 aliphatic carbocycles. The summed E-state index contributed by atoms with van der Waals surface area (Å²) in [4.78, 5) is 7.08. The molecule has 0 atom stereocenters. The van der Waals surface area contributed by atoms with E-state index in [9.17, 15) is 0 Å². The zero-order valence-electron chi connectivity index (χ0n) is 25.6. The van der Waals surface area contributed by atoms with Crippen LogP contribution in [0, 0.1) is 0 Å². The molecule has 5 heteroatoms. The van der Waals surface area contributed by atoms with Crippen LogP contribution < -0.4 is 4.90 Å². The third-order valence-electron chi connectivity index (χ3n) is 9.09. The van der Waals surface area contributed by atoms with Crippen LogP contribution in [0.25, 0.3) is 77.6 Å². The molecule has 10 aromatic rings. The van der Waals surface area contributed by atoms with E-state index >= 15 is 0 Å². The van der Waals surface area contributed by atoms with E-state index < -0.39 is 0 Å². The number of hydrogen-bond acceptors (Lipinski definition) is 5. The number of anilines is 3. The standard InChI is InChI=1S/C43H26N2O3/c1-2-10-27(11-3-1)28-12-8-13-29(24-28)45(30-21-23-38-35(25-30)32-14-4-6-17-37(32)46-38)31-20-22-33-41(26-31)47-40-19-9-15-34(42(33)40)43-44-36-16-5-7-18-39(36)48-43/h1-26H. The SMILES string of the molecule is c1ccc(-c2cccc(N(c3ccc4c(c3)oc3cccc(-c5nc6ccccc6o5)c34)c3ccc4oc5ccccc5c4c3)c2)cc1. The van der Waals surface area contributed by atoms with Gasteiger partial charge in [-0.15, -0.1) is 0 Å². The van der Waals surface area contributed by atoms with Crippen molar-refractivity contribution in [2.24, 2.45) is 0 Å². The fourth-order valence-electron chi connectivity index (χ4n) is 6.87. The monoisotopic (exact) mass is 618 g/mol. The number of nitrogens with zero attached hydrogens (tertiary/aromatic N) is 2. The van der Waals surface area contributed by atoms with E-state index in [4.69, 9.17) is 18.2 Å². The van der Waals surface area contributed by atoms with Gasteiger partial charge in [0.2, 0.25) is 5.89 Å². The Balaban J connectivity index is 1.17. The lowest BCUT2D eigenvalue weighted by molar-refractivity contribution is 0.620. The van der Waals surface area contributed by atoms with Gasteiger partial charge in [0, 0.05) is 50.2 Å². The van der Waals surface area contributed by atoms with Crippen LogP contribution in [-0.2, 0) is 0 Å². The number of para-hydroxylation sites is 3. The minimum absolute atomic E-state index is 0.577. The molecular formula is C43H26N2O3. The van der Waals surface area contributed by atoms with Gasteiger partial charge in [0.15, 0.2) is 5.58 Å². The van der Waals surface area contributed by atoms with Crippen molar-refractivity contribution in [3.63, 3.8) is 0 Å². The molecule has 0 amide bonds. The second-order valence-corrected chi connectivity index (χ2v) is 12.0. The first-order valence-corrected chi connectivity index (χ1v) is 15.9. The molecule has 0 aliphatic rings. The Morgan fingerprint density at radius 1 is 0.396 bits per heavy atom. The molecule has 0 saturated heterocycles. The summed E-state index contributed by atoms with van der Waals surface area (Å²) >= 11 is 0. The van der Waals surface area contributed by atoms with E-state index in [1.165, 1.54) is 0 Å². The Kier molecular flexibility index (Phi) is 5.81. The summed E-state index contributed by atoms with van der Waals surface area (Å²) in [7, 11) is 0. The normalized spacial score (nSPS) is 11.8. The number of oxazole rings is 1. The summed E-state index contributed by atoms with van der Waals surface area (Å²) in [6.45, 7) is 0. The Morgan fingerprint density at radius 3 is 2.00 bits per heavy atom. The van der Waals surface area contributed by atoms with Crippen LogP contribution in [0.1, 0.15) is 0 Å². The smallest absolute Gasteiger partial charge is 0.228 e. The molecule has 10 rings (SSSR count). The maximum Gasteiger partial charge on any atom is 0.228 e. The molecule has 5 nitrogen and oxygen atoms in total. The minimum atomic E-state index is 0.577. The van der Waals surface area contributed by atoms with Gasteiger partial charge in [-0.05, 0) is 83.9 Å². The van der Waals surface area contributed by atoms with Crippen LogP contribution in [0.3, 0.4) is 0 Å². The molecule has 226 valence electrons. The lowest BCUT2D eigenvalue weighted by Crippen LogP contribution is -2.10. The van der Waals surface area contributed by atoms with E-state index in [0.29, 0.717) is 5.89 Å². The van der Waals surface area contributed by atoms with Crippen molar-refractivity contribution in [1.29, 1.82) is 0 Å². The zero-order valence-corrected chi connectivity index (χ0v) is 25.6. The summed E-state index contributed by atoms with van der Waals surface area (Å²) < 4.78 is 18.9. The van der Waals surface area contributed by atoms with Gasteiger partial charge in [0.1, 0.15) is 27.8 Å². The van der Waals surface area contributed by atoms with Crippen LogP contribution in [0.5, 0.6) is 0 Å². The Hall–Kier alpha value is -6.59. The summed E-state index contributed by atoms with van der Waals surface area (Å²) in [5.74, 6) is 0.577. The fraction of sp³-hybridized carbons (Fsp3) is 0. The molecule has 48 heavy (non-hydrogen) atoms. The molecule has 0 bridgehead atoms. The summed E-state index contributed by atoms with van der Waals surface area (Å²) in [6, 6.07) is 54.0. The average Bonchev–Trinajstić information content (AvgIpc) is 3.85. The Bertz CT molecular complexity index is 2770. The zero-order chi connectivity index (χ0) is 31.6. The number of aromatic nitrogens is 1. The van der Waals surface area contributed by atoms with Gasteiger partial charge >= 0.3 is 0 Å². The van der Waals surface area contributed by atoms with E-state index in [-0.39, 0.29) is 0 Å². The van der Waals surface area contributed by atoms with Crippen molar-refractivity contribution in [3.8, 4) is 22.6 Å². The number of rotatable bonds is 5. The van der Waals surface area contributed by atoms with E-state index in [1.807, 2.05) is 60.7 Å². The van der Waals surface area contributed by atoms with E-state index in [1.54, 1.807) is 0 Å². The molecular weight excluding hydrogens is 592 g/mol. The fourth-order valence-corrected chi connectivity index (χ4v) is 6.87.